The van der Waals surface area contributed by atoms with Gasteiger partial charge in [-0.05, 0) is 67.8 Å². The maximum Gasteiger partial charge on any atom is 0.0470 e. The van der Waals surface area contributed by atoms with Gasteiger partial charge in [-0.3, -0.25) is 4.90 Å². The molecule has 31 heavy (non-hydrogen) atoms. The van der Waals surface area contributed by atoms with Gasteiger partial charge in [0.2, 0.25) is 0 Å². The highest BCUT2D eigenvalue weighted by Crippen LogP contribution is 2.51. The molecule has 1 spiro atoms. The Kier molecular flexibility index (Phi) is 5.07. The van der Waals surface area contributed by atoms with Crippen molar-refractivity contribution >= 4 is 5.69 Å². The summed E-state index contributed by atoms with van der Waals surface area (Å²) in [5.41, 5.74) is 5.02. The molecule has 0 aromatic heterocycles. The predicted molar refractivity (Wildman–Crippen MR) is 129 cm³/mol. The third-order valence-corrected chi connectivity index (χ3v) is 9.12. The van der Waals surface area contributed by atoms with Crippen LogP contribution >= 0.6 is 0 Å². The Hall–Kier alpha value is -1.84. The molecule has 3 fully saturated rings. The van der Waals surface area contributed by atoms with Crippen LogP contribution in [0.2, 0.25) is 0 Å². The fourth-order valence-electron chi connectivity index (χ4n) is 7.57. The molecular formula is C28H37N3. The van der Waals surface area contributed by atoms with Crippen molar-refractivity contribution in [3.05, 3.63) is 65.7 Å². The van der Waals surface area contributed by atoms with Gasteiger partial charge in [-0.2, -0.15) is 0 Å². The highest BCUT2D eigenvalue weighted by Gasteiger charge is 2.57. The van der Waals surface area contributed by atoms with E-state index in [0.29, 0.717) is 11.6 Å². The Bertz CT molecular complexity index is 901. The van der Waals surface area contributed by atoms with Crippen molar-refractivity contribution in [2.24, 2.45) is 11.8 Å². The second-order valence-corrected chi connectivity index (χ2v) is 10.4. The van der Waals surface area contributed by atoms with E-state index in [-0.39, 0.29) is 0 Å². The number of anilines is 1. The van der Waals surface area contributed by atoms with Gasteiger partial charge in [-0.15, -0.1) is 0 Å². The summed E-state index contributed by atoms with van der Waals surface area (Å²) in [7, 11) is 0. The standard InChI is InChI=1S/C28H37N3/c1-2-29-19-23-20-31(24-11-4-3-5-12-24)28(26(23)21-29)15-17-30(18-16-28)27-14-8-10-22-9-6-7-13-25(22)27/h3-7,9,11-13,23,26-27H,2,8,10,14-21H2,1H3/t23-,26-,27-/m1/s1. The van der Waals surface area contributed by atoms with Crippen molar-refractivity contribution in [3.63, 3.8) is 0 Å². The minimum absolute atomic E-state index is 0.348. The first-order valence-electron chi connectivity index (χ1n) is 12.7. The van der Waals surface area contributed by atoms with Crippen LogP contribution in [0.4, 0.5) is 5.69 Å². The highest BCUT2D eigenvalue weighted by atomic mass is 15.3. The van der Waals surface area contributed by atoms with E-state index < -0.39 is 0 Å². The SMILES string of the molecule is CCN1C[C@@H]2CN(c3ccccc3)C3(CCN([C@@H]4CCCc5ccccc54)CC3)[C@@H]2C1. The fraction of sp³-hybridized carbons (Fsp3) is 0.571. The normalized spacial score (nSPS) is 30.5. The van der Waals surface area contributed by atoms with Gasteiger partial charge in [0.25, 0.3) is 0 Å². The maximum absolute atomic E-state index is 2.85. The Balaban J connectivity index is 1.27. The summed E-state index contributed by atoms with van der Waals surface area (Å²) in [5.74, 6) is 1.66. The van der Waals surface area contributed by atoms with Gasteiger partial charge in [-0.25, -0.2) is 0 Å². The van der Waals surface area contributed by atoms with Crippen LogP contribution in [0.3, 0.4) is 0 Å². The summed E-state index contributed by atoms with van der Waals surface area (Å²) in [5, 5.41) is 0. The van der Waals surface area contributed by atoms with Crippen LogP contribution in [0, 0.1) is 11.8 Å². The van der Waals surface area contributed by atoms with Crippen LogP contribution in [0.1, 0.15) is 49.8 Å². The third-order valence-electron chi connectivity index (χ3n) is 9.12. The first kappa shape index (κ1) is 19.8. The average molecular weight is 416 g/mol. The second kappa shape index (κ2) is 7.94. The lowest BCUT2D eigenvalue weighted by molar-refractivity contribution is 0.0851. The van der Waals surface area contributed by atoms with Crippen molar-refractivity contribution < 1.29 is 0 Å². The van der Waals surface area contributed by atoms with Gasteiger partial charge in [0.1, 0.15) is 0 Å². The second-order valence-electron chi connectivity index (χ2n) is 10.4. The molecule has 3 nitrogen and oxygen atoms in total. The van der Waals surface area contributed by atoms with Crippen molar-refractivity contribution in [1.82, 2.24) is 9.80 Å². The minimum Gasteiger partial charge on any atom is -0.365 e. The molecular weight excluding hydrogens is 378 g/mol. The fourth-order valence-corrected chi connectivity index (χ4v) is 7.57. The zero-order valence-corrected chi connectivity index (χ0v) is 19.0. The molecule has 0 amide bonds. The van der Waals surface area contributed by atoms with Gasteiger partial charge in [-0.1, -0.05) is 49.4 Å². The number of rotatable bonds is 3. The molecule has 3 saturated heterocycles. The summed E-state index contributed by atoms with van der Waals surface area (Å²) < 4.78 is 0. The quantitative estimate of drug-likeness (QED) is 0.699. The van der Waals surface area contributed by atoms with Crippen LogP contribution in [-0.4, -0.2) is 54.6 Å². The Labute approximate surface area is 188 Å². The summed E-state index contributed by atoms with van der Waals surface area (Å²) >= 11 is 0. The number of fused-ring (bicyclic) bond motifs is 3. The van der Waals surface area contributed by atoms with Gasteiger partial charge in [0.05, 0.1) is 0 Å². The minimum atomic E-state index is 0.348. The van der Waals surface area contributed by atoms with Crippen LogP contribution in [0.15, 0.2) is 54.6 Å². The molecule has 6 rings (SSSR count). The smallest absolute Gasteiger partial charge is 0.0470 e. The van der Waals surface area contributed by atoms with E-state index in [2.05, 4.69) is 76.2 Å². The van der Waals surface area contributed by atoms with E-state index in [1.165, 1.54) is 77.1 Å². The summed E-state index contributed by atoms with van der Waals surface area (Å²) in [6.45, 7) is 9.89. The molecule has 1 aliphatic carbocycles. The Morgan fingerprint density at radius 1 is 0.903 bits per heavy atom. The van der Waals surface area contributed by atoms with Gasteiger partial charge in [0, 0.05) is 55.9 Å². The summed E-state index contributed by atoms with van der Waals surface area (Å²) in [4.78, 5) is 8.40. The third kappa shape index (κ3) is 3.24. The molecule has 0 radical (unpaired) electrons. The number of nitrogens with zero attached hydrogens (tertiary/aromatic N) is 3. The number of benzene rings is 2. The molecule has 2 aromatic rings. The number of piperidine rings is 1. The predicted octanol–water partition coefficient (Wildman–Crippen LogP) is 4.99. The Morgan fingerprint density at radius 2 is 1.68 bits per heavy atom. The van der Waals surface area contributed by atoms with E-state index in [4.69, 9.17) is 0 Å². The first-order chi connectivity index (χ1) is 15.3. The van der Waals surface area contributed by atoms with E-state index in [0.717, 1.165) is 11.8 Å². The topological polar surface area (TPSA) is 9.72 Å². The van der Waals surface area contributed by atoms with Crippen LogP contribution in [-0.2, 0) is 6.42 Å². The molecule has 4 aliphatic rings. The number of aryl methyl sites for hydroxylation is 1. The molecule has 164 valence electrons. The molecule has 3 atom stereocenters. The van der Waals surface area contributed by atoms with Crippen molar-refractivity contribution in [1.29, 1.82) is 0 Å². The monoisotopic (exact) mass is 415 g/mol. The molecule has 3 heterocycles. The van der Waals surface area contributed by atoms with Crippen LogP contribution in [0.25, 0.3) is 0 Å². The van der Waals surface area contributed by atoms with Crippen molar-refractivity contribution in [2.75, 3.05) is 44.2 Å². The molecule has 0 bridgehead atoms. The highest BCUT2D eigenvalue weighted by molar-refractivity contribution is 5.52. The lowest BCUT2D eigenvalue weighted by Gasteiger charge is -2.51. The molecule has 3 heteroatoms. The zero-order chi connectivity index (χ0) is 20.8. The van der Waals surface area contributed by atoms with E-state index in [1.807, 2.05) is 0 Å². The number of likely N-dealkylation sites (tertiary alicyclic amines) is 2. The molecule has 3 aliphatic heterocycles. The van der Waals surface area contributed by atoms with E-state index in [1.54, 1.807) is 11.1 Å². The maximum atomic E-state index is 2.85. The number of hydrogen-bond acceptors (Lipinski definition) is 3. The van der Waals surface area contributed by atoms with E-state index in [9.17, 15) is 0 Å². The molecule has 0 unspecified atom stereocenters. The first-order valence-corrected chi connectivity index (χ1v) is 12.7. The summed E-state index contributed by atoms with van der Waals surface area (Å²) in [6, 6.07) is 21.2. The average Bonchev–Trinajstić information content (AvgIpc) is 3.38. The lowest BCUT2D eigenvalue weighted by Crippen LogP contribution is -2.57. The number of para-hydroxylation sites is 1. The lowest BCUT2D eigenvalue weighted by atomic mass is 9.74. The Morgan fingerprint density at radius 3 is 2.48 bits per heavy atom. The van der Waals surface area contributed by atoms with Gasteiger partial charge >= 0.3 is 0 Å². The van der Waals surface area contributed by atoms with Crippen molar-refractivity contribution in [3.8, 4) is 0 Å². The van der Waals surface area contributed by atoms with E-state index >= 15 is 0 Å². The van der Waals surface area contributed by atoms with Gasteiger partial charge < -0.3 is 9.80 Å². The molecule has 0 saturated carbocycles. The largest absolute Gasteiger partial charge is 0.365 e. The molecule has 2 aromatic carbocycles. The number of hydrogen-bond donors (Lipinski definition) is 0. The zero-order valence-electron chi connectivity index (χ0n) is 19.0. The van der Waals surface area contributed by atoms with Crippen LogP contribution in [0.5, 0.6) is 0 Å². The molecule has 0 N–H and O–H groups in total. The van der Waals surface area contributed by atoms with Crippen LogP contribution < -0.4 is 4.90 Å². The van der Waals surface area contributed by atoms with Gasteiger partial charge in [0.15, 0.2) is 0 Å². The van der Waals surface area contributed by atoms with Crippen molar-refractivity contribution in [2.45, 2.75) is 50.6 Å². The summed E-state index contributed by atoms with van der Waals surface area (Å²) in [6.07, 6.45) is 6.58.